The number of aromatic nitrogens is 1. The van der Waals surface area contributed by atoms with Crippen molar-refractivity contribution in [2.24, 2.45) is 0 Å². The van der Waals surface area contributed by atoms with E-state index in [-0.39, 0.29) is 11.6 Å². The minimum atomic E-state index is -0.317. The maximum Gasteiger partial charge on any atom is 0.325 e. The number of allylic oxidation sites excluding steroid dienone is 1. The molecule has 2 saturated heterocycles. The number of carbonyl (C=O) groups is 1. The molecule has 0 radical (unpaired) electrons. The summed E-state index contributed by atoms with van der Waals surface area (Å²) in [6.07, 6.45) is 5.76. The number of urea groups is 1. The fourth-order valence-electron chi connectivity index (χ4n) is 6.66. The number of para-hydroxylation sites is 1. The lowest BCUT2D eigenvalue weighted by atomic mass is 9.83. The van der Waals surface area contributed by atoms with Gasteiger partial charge in [0.15, 0.2) is 11.5 Å². The lowest BCUT2D eigenvalue weighted by Gasteiger charge is -2.44. The summed E-state index contributed by atoms with van der Waals surface area (Å²) >= 11 is 0. The van der Waals surface area contributed by atoms with E-state index in [0.717, 1.165) is 54.8 Å². The van der Waals surface area contributed by atoms with Crippen LogP contribution in [0.2, 0.25) is 0 Å². The highest BCUT2D eigenvalue weighted by molar-refractivity contribution is 5.83. The first-order valence-electron chi connectivity index (χ1n) is 14.0. The number of methoxy groups -OCH3 is 3. The molecule has 2 aliphatic rings. The van der Waals surface area contributed by atoms with Gasteiger partial charge in [-0.15, -0.1) is 0 Å². The van der Waals surface area contributed by atoms with Crippen LogP contribution < -0.4 is 14.2 Å². The van der Waals surface area contributed by atoms with Crippen LogP contribution in [0, 0.1) is 6.92 Å². The Hall–Kier alpha value is -3.78. The van der Waals surface area contributed by atoms with Crippen LogP contribution in [-0.4, -0.2) is 72.2 Å². The molecule has 0 atom stereocenters. The maximum absolute atomic E-state index is 13.9. The van der Waals surface area contributed by atoms with Crippen molar-refractivity contribution >= 4 is 16.9 Å². The molecule has 1 spiro atoms. The van der Waals surface area contributed by atoms with Crippen molar-refractivity contribution in [1.82, 2.24) is 19.7 Å². The van der Waals surface area contributed by atoms with E-state index in [1.807, 2.05) is 37.1 Å². The SMILES string of the molecule is C/C=C1\N(Cc2cc(OC)c(OC)c(OC)c2C)C(=O)N(CC)C12CCN(Cc1cccc3cccnc13)CC2. The van der Waals surface area contributed by atoms with E-state index in [2.05, 4.69) is 52.0 Å². The highest BCUT2D eigenvalue weighted by Crippen LogP contribution is 2.46. The monoisotopic (exact) mass is 544 g/mol. The molecular weight excluding hydrogens is 504 g/mol. The van der Waals surface area contributed by atoms with E-state index in [1.165, 1.54) is 10.9 Å². The largest absolute Gasteiger partial charge is 0.493 e. The van der Waals surface area contributed by atoms with Crippen LogP contribution in [0.5, 0.6) is 17.2 Å². The molecule has 2 aliphatic heterocycles. The summed E-state index contributed by atoms with van der Waals surface area (Å²) in [7, 11) is 4.85. The van der Waals surface area contributed by atoms with Gasteiger partial charge in [0.2, 0.25) is 5.75 Å². The van der Waals surface area contributed by atoms with E-state index in [4.69, 9.17) is 14.2 Å². The summed E-state index contributed by atoms with van der Waals surface area (Å²) in [6, 6.07) is 12.5. The van der Waals surface area contributed by atoms with Gasteiger partial charge in [0.25, 0.3) is 0 Å². The molecule has 212 valence electrons. The number of fused-ring (bicyclic) bond motifs is 1. The quantitative estimate of drug-likeness (QED) is 0.359. The lowest BCUT2D eigenvalue weighted by molar-refractivity contribution is 0.0891. The van der Waals surface area contributed by atoms with Gasteiger partial charge >= 0.3 is 6.03 Å². The molecule has 0 unspecified atom stereocenters. The van der Waals surface area contributed by atoms with Crippen molar-refractivity contribution in [3.8, 4) is 17.2 Å². The van der Waals surface area contributed by atoms with E-state index in [1.54, 1.807) is 21.3 Å². The van der Waals surface area contributed by atoms with Gasteiger partial charge in [0, 0.05) is 49.0 Å². The van der Waals surface area contributed by atoms with Crippen molar-refractivity contribution < 1.29 is 19.0 Å². The highest BCUT2D eigenvalue weighted by Gasteiger charge is 2.53. The molecule has 0 N–H and O–H groups in total. The minimum absolute atomic E-state index is 0.0513. The third-order valence-corrected chi connectivity index (χ3v) is 8.64. The van der Waals surface area contributed by atoms with Gasteiger partial charge in [-0.05, 0) is 56.9 Å². The van der Waals surface area contributed by atoms with Crippen LogP contribution in [0.1, 0.15) is 43.4 Å². The second kappa shape index (κ2) is 11.4. The molecule has 2 aromatic carbocycles. The molecule has 2 amide bonds. The average Bonchev–Trinajstić information content (AvgIpc) is 3.20. The van der Waals surface area contributed by atoms with Crippen molar-refractivity contribution in [2.75, 3.05) is 41.0 Å². The van der Waals surface area contributed by atoms with Crippen molar-refractivity contribution in [1.29, 1.82) is 0 Å². The first-order chi connectivity index (χ1) is 19.4. The Morgan fingerprint density at radius 1 is 0.975 bits per heavy atom. The molecule has 0 bridgehead atoms. The minimum Gasteiger partial charge on any atom is -0.493 e. The molecule has 0 saturated carbocycles. The van der Waals surface area contributed by atoms with Crippen LogP contribution in [0.25, 0.3) is 10.9 Å². The third-order valence-electron chi connectivity index (χ3n) is 8.64. The molecule has 40 heavy (non-hydrogen) atoms. The number of ether oxygens (including phenoxy) is 3. The van der Waals surface area contributed by atoms with Gasteiger partial charge in [0.05, 0.1) is 38.9 Å². The number of hydrogen-bond donors (Lipinski definition) is 0. The molecule has 0 aliphatic carbocycles. The fraction of sp³-hybridized carbons (Fsp3) is 0.438. The number of benzene rings is 2. The van der Waals surface area contributed by atoms with Gasteiger partial charge in [-0.2, -0.15) is 0 Å². The number of nitrogens with zero attached hydrogens (tertiary/aromatic N) is 4. The highest BCUT2D eigenvalue weighted by atomic mass is 16.5. The topological polar surface area (TPSA) is 67.4 Å². The lowest BCUT2D eigenvalue weighted by Crippen LogP contribution is -2.53. The summed E-state index contributed by atoms with van der Waals surface area (Å²) in [6.45, 7) is 9.88. The Labute approximate surface area is 237 Å². The maximum atomic E-state index is 13.9. The number of hydrogen-bond acceptors (Lipinski definition) is 6. The fourth-order valence-corrected chi connectivity index (χ4v) is 6.66. The van der Waals surface area contributed by atoms with Gasteiger partial charge in [-0.1, -0.05) is 30.3 Å². The predicted molar refractivity (Wildman–Crippen MR) is 157 cm³/mol. The van der Waals surface area contributed by atoms with E-state index in [0.29, 0.717) is 30.3 Å². The Bertz CT molecular complexity index is 1420. The number of carbonyl (C=O) groups excluding carboxylic acids is 1. The molecule has 8 nitrogen and oxygen atoms in total. The van der Waals surface area contributed by atoms with Gasteiger partial charge in [0.1, 0.15) is 0 Å². The standard InChI is InChI=1S/C32H40N4O4/c1-7-27-32(14-17-34(18-15-32)20-24-12-9-11-23-13-10-16-33-28(23)24)36(8-2)31(37)35(27)21-25-19-26(38-4)30(40-6)29(39-5)22(25)3/h7,9-13,16,19H,8,14-15,17-18,20-21H2,1-6H3/b27-7-. The zero-order chi connectivity index (χ0) is 28.4. The summed E-state index contributed by atoms with van der Waals surface area (Å²) in [4.78, 5) is 25.1. The summed E-state index contributed by atoms with van der Waals surface area (Å²) < 4.78 is 16.9. The Morgan fingerprint density at radius 2 is 1.70 bits per heavy atom. The number of rotatable bonds is 8. The normalized spacial score (nSPS) is 18.2. The van der Waals surface area contributed by atoms with Gasteiger partial charge in [-0.3, -0.25) is 14.8 Å². The summed E-state index contributed by atoms with van der Waals surface area (Å²) in [5.41, 5.74) is 4.98. The Balaban J connectivity index is 1.40. The number of likely N-dealkylation sites (N-methyl/N-ethyl adjacent to an activating group) is 1. The smallest absolute Gasteiger partial charge is 0.325 e. The van der Waals surface area contributed by atoms with Crippen molar-refractivity contribution in [3.63, 3.8) is 0 Å². The van der Waals surface area contributed by atoms with E-state index >= 15 is 0 Å². The molecular formula is C32H40N4O4. The van der Waals surface area contributed by atoms with E-state index < -0.39 is 0 Å². The third kappa shape index (κ3) is 4.54. The molecule has 2 fully saturated rings. The van der Waals surface area contributed by atoms with Crippen LogP contribution in [0.4, 0.5) is 4.79 Å². The average molecular weight is 545 g/mol. The van der Waals surface area contributed by atoms with Crippen LogP contribution >= 0.6 is 0 Å². The van der Waals surface area contributed by atoms with Crippen molar-refractivity contribution in [2.45, 2.75) is 52.2 Å². The van der Waals surface area contributed by atoms with Crippen LogP contribution in [-0.2, 0) is 13.1 Å². The van der Waals surface area contributed by atoms with E-state index in [9.17, 15) is 4.79 Å². The summed E-state index contributed by atoms with van der Waals surface area (Å²) in [5, 5.41) is 1.17. The molecule has 1 aromatic heterocycles. The number of likely N-dealkylation sites (tertiary alicyclic amines) is 1. The molecule has 3 heterocycles. The number of piperidine rings is 1. The molecule has 5 rings (SSSR count). The van der Waals surface area contributed by atoms with Crippen molar-refractivity contribution in [3.05, 3.63) is 71.1 Å². The zero-order valence-corrected chi connectivity index (χ0v) is 24.5. The van der Waals surface area contributed by atoms with Crippen LogP contribution in [0.15, 0.2) is 54.4 Å². The van der Waals surface area contributed by atoms with Crippen LogP contribution in [0.3, 0.4) is 0 Å². The first kappa shape index (κ1) is 27.8. The number of pyridine rings is 1. The second-order valence-corrected chi connectivity index (χ2v) is 10.5. The van der Waals surface area contributed by atoms with Gasteiger partial charge in [-0.25, -0.2) is 4.79 Å². The van der Waals surface area contributed by atoms with Gasteiger partial charge < -0.3 is 19.1 Å². The molecule has 3 aromatic rings. The predicted octanol–water partition coefficient (Wildman–Crippen LogP) is 5.77. The Morgan fingerprint density at radius 3 is 2.35 bits per heavy atom. The molecule has 8 heteroatoms. The Kier molecular flexibility index (Phi) is 7.90. The first-order valence-corrected chi connectivity index (χ1v) is 14.0. The zero-order valence-electron chi connectivity index (χ0n) is 24.5. The second-order valence-electron chi connectivity index (χ2n) is 10.5. The number of amides is 2. The summed E-state index contributed by atoms with van der Waals surface area (Å²) in [5.74, 6) is 1.78.